The van der Waals surface area contributed by atoms with E-state index < -0.39 is 10.4 Å². The molecule has 0 heterocycles. The molecule has 156 valence electrons. The van der Waals surface area contributed by atoms with Crippen LogP contribution in [0, 0.1) is 0 Å². The molecule has 0 aromatic heterocycles. The fourth-order valence-corrected chi connectivity index (χ4v) is 2.41. The summed E-state index contributed by atoms with van der Waals surface area (Å²) in [7, 11) is 11.4. The van der Waals surface area contributed by atoms with Crippen molar-refractivity contribution in [3.05, 3.63) is 0 Å². The SMILES string of the molecule is COC(C)(C)C[N+](C)(C)C.COC(C)(C)C[N+](C)(C)C.O=S(=O)([O-])[O-]. The molecule has 0 aliphatic heterocycles. The van der Waals surface area contributed by atoms with Crippen LogP contribution in [0.15, 0.2) is 0 Å². The highest BCUT2D eigenvalue weighted by atomic mass is 32.3. The topological polar surface area (TPSA) is 98.7 Å². The van der Waals surface area contributed by atoms with Gasteiger partial charge in [0, 0.05) is 24.6 Å². The number of quaternary nitrogens is 2. The van der Waals surface area contributed by atoms with Crippen LogP contribution in [-0.2, 0) is 19.9 Å². The molecule has 0 aromatic rings. The second-order valence-corrected chi connectivity index (χ2v) is 10.0. The Hall–Kier alpha value is -0.290. The molecule has 0 rings (SSSR count). The van der Waals surface area contributed by atoms with Crippen molar-refractivity contribution < 1.29 is 36.0 Å². The predicted octanol–water partition coefficient (Wildman–Crippen LogP) is 0.897. The lowest BCUT2D eigenvalue weighted by Crippen LogP contribution is -2.47. The van der Waals surface area contributed by atoms with Gasteiger partial charge in [0.15, 0.2) is 0 Å². The van der Waals surface area contributed by atoms with E-state index in [0.29, 0.717) is 0 Å². The van der Waals surface area contributed by atoms with E-state index in [2.05, 4.69) is 70.0 Å². The van der Waals surface area contributed by atoms with Gasteiger partial charge in [-0.25, -0.2) is 0 Å². The summed E-state index contributed by atoms with van der Waals surface area (Å²) in [6.45, 7) is 10.5. The third-order valence-electron chi connectivity index (χ3n) is 2.82. The molecule has 0 bridgehead atoms. The minimum Gasteiger partial charge on any atom is -0.759 e. The number of hydrogen-bond acceptors (Lipinski definition) is 6. The van der Waals surface area contributed by atoms with Gasteiger partial charge in [0.05, 0.1) is 42.3 Å². The van der Waals surface area contributed by atoms with Gasteiger partial charge in [0.1, 0.15) is 24.3 Å². The van der Waals surface area contributed by atoms with Crippen LogP contribution in [0.4, 0.5) is 0 Å². The molecular weight excluding hydrogens is 348 g/mol. The van der Waals surface area contributed by atoms with Gasteiger partial charge in [-0.05, 0) is 27.7 Å². The van der Waals surface area contributed by atoms with Crippen molar-refractivity contribution in [1.82, 2.24) is 0 Å². The third kappa shape index (κ3) is 35.6. The zero-order valence-corrected chi connectivity index (χ0v) is 19.0. The van der Waals surface area contributed by atoms with Gasteiger partial charge in [-0.1, -0.05) is 0 Å². The Morgan fingerprint density at radius 2 is 0.880 bits per heavy atom. The first kappa shape index (κ1) is 29.5. The smallest absolute Gasteiger partial charge is 0.111 e. The van der Waals surface area contributed by atoms with Crippen molar-refractivity contribution in [3.8, 4) is 0 Å². The summed E-state index contributed by atoms with van der Waals surface area (Å²) in [5, 5.41) is 0. The van der Waals surface area contributed by atoms with Crippen molar-refractivity contribution in [2.24, 2.45) is 0 Å². The van der Waals surface area contributed by atoms with E-state index in [0.717, 1.165) is 22.1 Å². The maximum absolute atomic E-state index is 8.52. The van der Waals surface area contributed by atoms with Crippen LogP contribution in [0.2, 0.25) is 0 Å². The molecule has 0 radical (unpaired) electrons. The average molecular weight is 389 g/mol. The van der Waals surface area contributed by atoms with Crippen LogP contribution in [0.1, 0.15) is 27.7 Å². The summed E-state index contributed by atoms with van der Waals surface area (Å²) in [6.07, 6.45) is 0. The van der Waals surface area contributed by atoms with Crippen LogP contribution >= 0.6 is 0 Å². The lowest BCUT2D eigenvalue weighted by molar-refractivity contribution is -0.876. The average Bonchev–Trinajstić information content (AvgIpc) is 2.21. The van der Waals surface area contributed by atoms with Crippen molar-refractivity contribution in [1.29, 1.82) is 0 Å². The summed E-state index contributed by atoms with van der Waals surface area (Å²) < 4.78 is 46.6. The van der Waals surface area contributed by atoms with Crippen molar-refractivity contribution in [2.75, 3.05) is 69.6 Å². The van der Waals surface area contributed by atoms with E-state index in [9.17, 15) is 0 Å². The molecule has 0 amide bonds. The van der Waals surface area contributed by atoms with Crippen LogP contribution < -0.4 is 0 Å². The normalized spacial score (nSPS) is 13.4. The zero-order valence-electron chi connectivity index (χ0n) is 18.2. The third-order valence-corrected chi connectivity index (χ3v) is 2.82. The summed E-state index contributed by atoms with van der Waals surface area (Å²) in [6, 6.07) is 0. The summed E-state index contributed by atoms with van der Waals surface area (Å²) in [5.74, 6) is 0. The fraction of sp³-hybridized carbons (Fsp3) is 1.00. The molecule has 0 unspecified atom stereocenters. The second kappa shape index (κ2) is 10.8. The van der Waals surface area contributed by atoms with E-state index in [1.54, 1.807) is 14.2 Å². The molecule has 0 saturated heterocycles. The number of rotatable bonds is 6. The molecule has 0 atom stereocenters. The summed E-state index contributed by atoms with van der Waals surface area (Å²) >= 11 is 0. The molecule has 0 N–H and O–H groups in total. The largest absolute Gasteiger partial charge is 0.759 e. The first-order valence-electron chi connectivity index (χ1n) is 7.91. The molecule has 0 fully saturated rings. The van der Waals surface area contributed by atoms with E-state index in [4.69, 9.17) is 27.0 Å². The highest BCUT2D eigenvalue weighted by Crippen LogP contribution is 2.11. The van der Waals surface area contributed by atoms with Gasteiger partial charge in [-0.15, -0.1) is 0 Å². The maximum atomic E-state index is 8.52. The van der Waals surface area contributed by atoms with E-state index in [-0.39, 0.29) is 11.2 Å². The van der Waals surface area contributed by atoms with Crippen molar-refractivity contribution in [2.45, 2.75) is 38.9 Å². The summed E-state index contributed by atoms with van der Waals surface area (Å²) in [5.41, 5.74) is -0.00347. The Morgan fingerprint density at radius 3 is 0.920 bits per heavy atom. The molecule has 25 heavy (non-hydrogen) atoms. The fourth-order valence-electron chi connectivity index (χ4n) is 2.41. The van der Waals surface area contributed by atoms with Crippen LogP contribution in [0.5, 0.6) is 0 Å². The predicted molar refractivity (Wildman–Crippen MR) is 98.4 cm³/mol. The minimum absolute atomic E-state index is 0.00174. The summed E-state index contributed by atoms with van der Waals surface area (Å²) in [4.78, 5) is 0. The van der Waals surface area contributed by atoms with Crippen LogP contribution in [-0.4, -0.2) is 107 Å². The first-order chi connectivity index (χ1) is 10.5. The van der Waals surface area contributed by atoms with Gasteiger partial charge in [0.2, 0.25) is 0 Å². The molecule has 9 heteroatoms. The van der Waals surface area contributed by atoms with Crippen LogP contribution in [0.25, 0.3) is 0 Å². The number of likely N-dealkylation sites (N-methyl/N-ethyl adjacent to an activating group) is 2. The molecule has 0 aromatic carbocycles. The lowest BCUT2D eigenvalue weighted by Gasteiger charge is -2.33. The lowest BCUT2D eigenvalue weighted by atomic mass is 10.1. The number of ether oxygens (including phenoxy) is 2. The Morgan fingerprint density at radius 1 is 0.720 bits per heavy atom. The maximum Gasteiger partial charge on any atom is 0.111 e. The standard InChI is InChI=1S/2C8H20NO.H2O4S/c2*1-8(2,10-6)7-9(3,4)5;1-5(2,3)4/h2*7H2,1-6H3;(H2,1,2,3,4)/q2*+1;/p-2. The van der Waals surface area contributed by atoms with Crippen molar-refractivity contribution >= 4 is 10.4 Å². The van der Waals surface area contributed by atoms with Gasteiger partial charge >= 0.3 is 0 Å². The Labute approximate surface area is 155 Å². The molecule has 0 saturated carbocycles. The van der Waals surface area contributed by atoms with E-state index in [1.165, 1.54) is 0 Å². The highest BCUT2D eigenvalue weighted by molar-refractivity contribution is 7.79. The van der Waals surface area contributed by atoms with Gasteiger partial charge in [-0.3, -0.25) is 8.42 Å². The van der Waals surface area contributed by atoms with Crippen molar-refractivity contribution in [3.63, 3.8) is 0 Å². The van der Waals surface area contributed by atoms with E-state index in [1.807, 2.05) is 0 Å². The second-order valence-electron chi connectivity index (χ2n) is 9.23. The number of nitrogens with zero attached hydrogens (tertiary/aromatic N) is 2. The van der Waals surface area contributed by atoms with Crippen LogP contribution in [0.3, 0.4) is 0 Å². The number of hydrogen-bond donors (Lipinski definition) is 0. The van der Waals surface area contributed by atoms with Gasteiger partial charge in [0.25, 0.3) is 0 Å². The molecule has 8 nitrogen and oxygen atoms in total. The monoisotopic (exact) mass is 388 g/mol. The molecule has 0 aliphatic carbocycles. The Bertz CT molecular complexity index is 412. The van der Waals surface area contributed by atoms with E-state index >= 15 is 0 Å². The Balaban J connectivity index is -0.000000308. The molecule has 0 aliphatic rings. The zero-order chi connectivity index (χ0) is 21.3. The Kier molecular flexibility index (Phi) is 12.7. The molecular formula is C16H40N2O6S. The quantitative estimate of drug-likeness (QED) is 0.381. The highest BCUT2D eigenvalue weighted by Gasteiger charge is 2.25. The van der Waals surface area contributed by atoms with Gasteiger partial charge in [-0.2, -0.15) is 0 Å². The van der Waals surface area contributed by atoms with Gasteiger partial charge < -0.3 is 27.5 Å². The minimum atomic E-state index is -5.17. The molecule has 0 spiro atoms. The number of methoxy groups -OCH3 is 2. The first-order valence-corrected chi connectivity index (χ1v) is 9.25.